The van der Waals surface area contributed by atoms with Gasteiger partial charge in [0, 0.05) is 37.3 Å². The number of rotatable bonds is 15. The Labute approximate surface area is 260 Å². The van der Waals surface area contributed by atoms with Crippen LogP contribution in [-0.4, -0.2) is 121 Å². The van der Waals surface area contributed by atoms with E-state index in [4.69, 9.17) is 18.9 Å². The zero-order chi connectivity index (χ0) is 31.7. The number of morpholine rings is 2. The molecule has 4 atom stereocenters. The van der Waals surface area contributed by atoms with Crippen molar-refractivity contribution in [3.05, 3.63) is 59.7 Å². The predicted molar refractivity (Wildman–Crippen MR) is 167 cm³/mol. The van der Waals surface area contributed by atoms with E-state index in [0.717, 1.165) is 0 Å². The molecule has 4 rings (SSSR count). The van der Waals surface area contributed by atoms with Gasteiger partial charge in [-0.05, 0) is 89.1 Å². The van der Waals surface area contributed by atoms with Crippen LogP contribution in [0.5, 0.6) is 11.5 Å². The summed E-state index contributed by atoms with van der Waals surface area (Å²) in [4.78, 5) is 33.0. The molecule has 0 amide bonds. The highest BCUT2D eigenvalue weighted by atomic mass is 16.5. The molecule has 0 spiro atoms. The molecule has 10 nitrogen and oxygen atoms in total. The topological polar surface area (TPSA) is 118 Å². The van der Waals surface area contributed by atoms with E-state index < -0.39 is 23.3 Å². The first kappa shape index (κ1) is 34.0. The van der Waals surface area contributed by atoms with Crippen LogP contribution in [-0.2, 0) is 9.47 Å². The van der Waals surface area contributed by atoms with Gasteiger partial charge in [-0.25, -0.2) is 0 Å². The maximum absolute atomic E-state index is 14.3. The number of nitrogens with zero attached hydrogens (tertiary/aromatic N) is 2. The van der Waals surface area contributed by atoms with Crippen molar-refractivity contribution in [3.63, 3.8) is 0 Å². The van der Waals surface area contributed by atoms with Gasteiger partial charge >= 0.3 is 0 Å². The molecule has 2 fully saturated rings. The molecule has 2 N–H and O–H groups in total. The highest BCUT2D eigenvalue weighted by Crippen LogP contribution is 2.35. The van der Waals surface area contributed by atoms with Gasteiger partial charge in [-0.1, -0.05) is 0 Å². The minimum atomic E-state index is -0.877. The molecule has 10 heteroatoms. The lowest BCUT2D eigenvalue weighted by Gasteiger charge is -2.47. The molecular formula is C34H48N2O8. The Kier molecular flexibility index (Phi) is 11.9. The highest BCUT2D eigenvalue weighted by molar-refractivity contribution is 6.04. The minimum Gasteiger partial charge on any atom is -0.491 e. The summed E-state index contributed by atoms with van der Waals surface area (Å²) in [6.07, 6.45) is -0.265. The lowest BCUT2D eigenvalue weighted by Crippen LogP contribution is -2.60. The molecular weight excluding hydrogens is 564 g/mol. The van der Waals surface area contributed by atoms with Gasteiger partial charge in [0.15, 0.2) is 11.6 Å². The van der Waals surface area contributed by atoms with Crippen LogP contribution in [0.2, 0.25) is 0 Å². The second-order valence-electron chi connectivity index (χ2n) is 12.3. The molecule has 0 saturated carbocycles. The molecule has 2 aromatic rings. The smallest absolute Gasteiger partial charge is 0.182 e. The van der Waals surface area contributed by atoms with Crippen molar-refractivity contribution in [3.8, 4) is 11.5 Å². The van der Waals surface area contributed by atoms with Crippen molar-refractivity contribution in [2.45, 2.75) is 63.8 Å². The van der Waals surface area contributed by atoms with Crippen molar-refractivity contribution < 1.29 is 38.7 Å². The van der Waals surface area contributed by atoms with E-state index in [0.29, 0.717) is 88.1 Å². The fraction of sp³-hybridized carbons (Fsp3) is 0.588. The molecule has 4 unspecified atom stereocenters. The van der Waals surface area contributed by atoms with Gasteiger partial charge in [0.1, 0.15) is 24.7 Å². The Morgan fingerprint density at radius 3 is 1.30 bits per heavy atom. The lowest BCUT2D eigenvalue weighted by atomic mass is 9.77. The third-order valence-corrected chi connectivity index (χ3v) is 8.71. The van der Waals surface area contributed by atoms with Crippen LogP contribution in [0, 0.1) is 0 Å². The van der Waals surface area contributed by atoms with Crippen LogP contribution >= 0.6 is 0 Å². The van der Waals surface area contributed by atoms with E-state index in [1.807, 2.05) is 13.8 Å². The van der Waals surface area contributed by atoms with Gasteiger partial charge in [-0.15, -0.1) is 0 Å². The number of ketones is 2. The second-order valence-corrected chi connectivity index (χ2v) is 12.3. The number of hydrogen-bond donors (Lipinski definition) is 2. The first-order valence-electron chi connectivity index (χ1n) is 15.6. The number of carbonyl (C=O) groups is 2. The van der Waals surface area contributed by atoms with Crippen LogP contribution in [0.4, 0.5) is 0 Å². The predicted octanol–water partition coefficient (Wildman–Crippen LogP) is 3.23. The van der Waals surface area contributed by atoms with Crippen LogP contribution in [0.1, 0.15) is 61.3 Å². The SMILES string of the molecule is CC(O)COc1ccc(C(=O)C(C)(CCC(C)(C(=O)c2ccc(OCC(C)O)cc2)N2CCOCC2)N2CCOCC2)cc1. The summed E-state index contributed by atoms with van der Waals surface area (Å²) in [5.41, 5.74) is -0.623. The average molecular weight is 613 g/mol. The number of Topliss-reactive ketones (excluding diaryl/α,β-unsaturated/α-hetero) is 2. The van der Waals surface area contributed by atoms with Gasteiger partial charge < -0.3 is 29.2 Å². The van der Waals surface area contributed by atoms with E-state index in [2.05, 4.69) is 9.80 Å². The quantitative estimate of drug-likeness (QED) is 0.290. The van der Waals surface area contributed by atoms with Crippen molar-refractivity contribution in [1.29, 1.82) is 0 Å². The molecule has 2 aromatic carbocycles. The summed E-state index contributed by atoms with van der Waals surface area (Å²) >= 11 is 0. The zero-order valence-corrected chi connectivity index (χ0v) is 26.5. The largest absolute Gasteiger partial charge is 0.491 e. The van der Waals surface area contributed by atoms with Crippen molar-refractivity contribution in [2.75, 3.05) is 65.8 Å². The molecule has 0 bridgehead atoms. The third kappa shape index (κ3) is 8.44. The average Bonchev–Trinajstić information content (AvgIpc) is 3.05. The van der Waals surface area contributed by atoms with Gasteiger partial charge in [0.2, 0.25) is 0 Å². The monoisotopic (exact) mass is 612 g/mol. The van der Waals surface area contributed by atoms with E-state index >= 15 is 0 Å². The summed E-state index contributed by atoms with van der Waals surface area (Å²) in [6, 6.07) is 14.1. The van der Waals surface area contributed by atoms with Gasteiger partial charge in [-0.3, -0.25) is 19.4 Å². The molecule has 2 saturated heterocycles. The first-order chi connectivity index (χ1) is 21.0. The molecule has 0 radical (unpaired) electrons. The Hall–Kier alpha value is -2.86. The molecule has 2 aliphatic heterocycles. The maximum Gasteiger partial charge on any atom is 0.182 e. The second kappa shape index (κ2) is 15.4. The first-order valence-corrected chi connectivity index (χ1v) is 15.6. The number of carbonyl (C=O) groups excluding carboxylic acids is 2. The number of aliphatic hydroxyl groups is 2. The molecule has 44 heavy (non-hydrogen) atoms. The fourth-order valence-electron chi connectivity index (χ4n) is 5.89. The molecule has 242 valence electrons. The molecule has 2 heterocycles. The normalized spacial score (nSPS) is 20.6. The standard InChI is InChI=1S/C34H48N2O8/c1-25(37)23-43-29-9-5-27(6-10-29)31(39)33(3,35-15-19-41-20-16-35)13-14-34(4,36-17-21-42-22-18-36)32(40)28-7-11-30(12-8-28)44-24-26(2)38/h5-12,25-26,37-38H,13-24H2,1-4H3. The van der Waals surface area contributed by atoms with Crippen molar-refractivity contribution in [1.82, 2.24) is 9.80 Å². The molecule has 0 aliphatic carbocycles. The number of ether oxygens (including phenoxy) is 4. The summed E-state index contributed by atoms with van der Waals surface area (Å²) in [5, 5.41) is 19.1. The van der Waals surface area contributed by atoms with E-state index in [1.165, 1.54) is 0 Å². The van der Waals surface area contributed by atoms with Gasteiger partial charge in [-0.2, -0.15) is 0 Å². The van der Waals surface area contributed by atoms with Crippen LogP contribution in [0.25, 0.3) is 0 Å². The Morgan fingerprint density at radius 2 is 1.00 bits per heavy atom. The third-order valence-electron chi connectivity index (χ3n) is 8.71. The highest BCUT2D eigenvalue weighted by Gasteiger charge is 2.46. The summed E-state index contributed by atoms with van der Waals surface area (Å²) in [6.45, 7) is 12.3. The molecule has 2 aliphatic rings. The van der Waals surface area contributed by atoms with Crippen LogP contribution < -0.4 is 9.47 Å². The lowest BCUT2D eigenvalue weighted by molar-refractivity contribution is -0.0294. The van der Waals surface area contributed by atoms with Gasteiger partial charge in [0.05, 0.1) is 49.7 Å². The summed E-state index contributed by atoms with van der Waals surface area (Å²) in [7, 11) is 0. The Balaban J connectivity index is 1.60. The zero-order valence-electron chi connectivity index (χ0n) is 26.5. The number of aliphatic hydroxyl groups excluding tert-OH is 2. The van der Waals surface area contributed by atoms with E-state index in [9.17, 15) is 19.8 Å². The Morgan fingerprint density at radius 1 is 0.682 bits per heavy atom. The van der Waals surface area contributed by atoms with Crippen molar-refractivity contribution in [2.24, 2.45) is 0 Å². The Bertz CT molecular complexity index is 1110. The maximum atomic E-state index is 14.3. The minimum absolute atomic E-state index is 0.0159. The van der Waals surface area contributed by atoms with Crippen LogP contribution in [0.15, 0.2) is 48.5 Å². The summed E-state index contributed by atoms with van der Waals surface area (Å²) in [5.74, 6) is 1.14. The molecule has 0 aromatic heterocycles. The van der Waals surface area contributed by atoms with Gasteiger partial charge in [0.25, 0.3) is 0 Å². The van der Waals surface area contributed by atoms with Crippen molar-refractivity contribution >= 4 is 11.6 Å². The van der Waals surface area contributed by atoms with E-state index in [1.54, 1.807) is 62.4 Å². The fourth-order valence-corrected chi connectivity index (χ4v) is 5.89. The van der Waals surface area contributed by atoms with Crippen LogP contribution in [0.3, 0.4) is 0 Å². The number of hydrogen-bond acceptors (Lipinski definition) is 10. The number of benzene rings is 2. The summed E-state index contributed by atoms with van der Waals surface area (Å²) < 4.78 is 22.5. The van der Waals surface area contributed by atoms with E-state index in [-0.39, 0.29) is 24.8 Å².